The van der Waals surface area contributed by atoms with E-state index < -0.39 is 0 Å². The van der Waals surface area contributed by atoms with Crippen molar-refractivity contribution in [3.63, 3.8) is 0 Å². The van der Waals surface area contributed by atoms with E-state index in [0.29, 0.717) is 34.6 Å². The van der Waals surface area contributed by atoms with Crippen LogP contribution < -0.4 is 20.7 Å². The topological polar surface area (TPSA) is 112 Å². The molecule has 35 heavy (non-hydrogen) atoms. The molecule has 0 aliphatic carbocycles. The number of hydrogen-bond acceptors (Lipinski definition) is 7. The molecule has 180 valence electrons. The number of amides is 1. The minimum absolute atomic E-state index is 0.00534. The van der Waals surface area contributed by atoms with Gasteiger partial charge in [-0.25, -0.2) is 4.98 Å². The molecule has 1 aromatic heterocycles. The highest BCUT2D eigenvalue weighted by Gasteiger charge is 2.28. The molecule has 1 aliphatic heterocycles. The van der Waals surface area contributed by atoms with Gasteiger partial charge in [0, 0.05) is 12.1 Å². The van der Waals surface area contributed by atoms with Crippen molar-refractivity contribution < 1.29 is 9.53 Å². The fourth-order valence-corrected chi connectivity index (χ4v) is 4.17. The summed E-state index contributed by atoms with van der Waals surface area (Å²) in [4.78, 5) is 21.5. The van der Waals surface area contributed by atoms with Gasteiger partial charge in [-0.15, -0.1) is 0 Å². The predicted molar refractivity (Wildman–Crippen MR) is 137 cm³/mol. The number of nitrogens with zero attached hydrogens (tertiary/aromatic N) is 3. The summed E-state index contributed by atoms with van der Waals surface area (Å²) in [6.45, 7) is 5.36. The monoisotopic (exact) mass is 490 g/mol. The van der Waals surface area contributed by atoms with E-state index in [4.69, 9.17) is 21.6 Å². The number of carbonyl (C=O) groups is 1. The minimum Gasteiger partial charge on any atom is -0.491 e. The third-order valence-corrected chi connectivity index (χ3v) is 6.15. The first-order valence-corrected chi connectivity index (χ1v) is 11.8. The van der Waals surface area contributed by atoms with Gasteiger partial charge in [0.05, 0.1) is 42.2 Å². The van der Waals surface area contributed by atoms with Crippen molar-refractivity contribution in [2.45, 2.75) is 38.5 Å². The molecule has 2 heterocycles. The summed E-state index contributed by atoms with van der Waals surface area (Å²) in [7, 11) is 0. The summed E-state index contributed by atoms with van der Waals surface area (Å²) in [5, 5.41) is 18.2. The van der Waals surface area contributed by atoms with E-state index in [-0.39, 0.29) is 24.3 Å². The van der Waals surface area contributed by atoms with E-state index in [9.17, 15) is 4.79 Å². The van der Waals surface area contributed by atoms with Crippen molar-refractivity contribution in [1.29, 1.82) is 5.26 Å². The molecule has 9 heteroatoms. The Morgan fingerprint density at radius 2 is 1.97 bits per heavy atom. The Balaban J connectivity index is 1.60. The second-order valence-corrected chi connectivity index (χ2v) is 9.28. The number of benzene rings is 2. The first kappa shape index (κ1) is 24.3. The number of halogens is 1. The second-order valence-electron chi connectivity index (χ2n) is 8.87. The van der Waals surface area contributed by atoms with Crippen LogP contribution in [0.15, 0.2) is 48.7 Å². The fourth-order valence-electron chi connectivity index (χ4n) is 4.03. The molecular formula is C26H27ClN6O2. The third kappa shape index (κ3) is 5.64. The van der Waals surface area contributed by atoms with Crippen LogP contribution >= 0.6 is 11.6 Å². The number of nitriles is 1. The van der Waals surface area contributed by atoms with Crippen molar-refractivity contribution in [2.24, 2.45) is 0 Å². The summed E-state index contributed by atoms with van der Waals surface area (Å²) >= 11 is 6.38. The van der Waals surface area contributed by atoms with Gasteiger partial charge in [0.15, 0.2) is 5.82 Å². The van der Waals surface area contributed by atoms with Crippen molar-refractivity contribution in [1.82, 2.24) is 15.3 Å². The number of ether oxygens (including phenoxy) is 1. The molecule has 1 aliphatic rings. The van der Waals surface area contributed by atoms with Gasteiger partial charge in [-0.1, -0.05) is 49.7 Å². The molecule has 3 aromatic rings. The maximum atomic E-state index is 12.6. The average molecular weight is 491 g/mol. The van der Waals surface area contributed by atoms with E-state index in [0.717, 1.165) is 29.8 Å². The van der Waals surface area contributed by atoms with Crippen LogP contribution in [-0.2, 0) is 5.41 Å². The zero-order valence-electron chi connectivity index (χ0n) is 19.7. The third-order valence-electron chi connectivity index (χ3n) is 5.87. The molecular weight excluding hydrogens is 464 g/mol. The van der Waals surface area contributed by atoms with Crippen LogP contribution in [0.2, 0.25) is 5.02 Å². The molecule has 0 saturated heterocycles. The number of rotatable bonds is 7. The quantitative estimate of drug-likeness (QED) is 0.363. The SMILES string of the molecule is CC1(C)CCCOc2c(Nc3ncc(Cl)c(Nc4ccccc4C(=O)NCCC#N)n3)cccc21. The minimum atomic E-state index is -0.293. The molecule has 3 N–H and O–H groups in total. The maximum absolute atomic E-state index is 12.6. The van der Waals surface area contributed by atoms with Gasteiger partial charge in [0.1, 0.15) is 10.8 Å². The van der Waals surface area contributed by atoms with Gasteiger partial charge in [-0.2, -0.15) is 10.2 Å². The Hall–Kier alpha value is -3.83. The second kappa shape index (κ2) is 10.6. The number of carbonyl (C=O) groups excluding carboxylic acids is 1. The summed E-state index contributed by atoms with van der Waals surface area (Å²) < 4.78 is 6.10. The van der Waals surface area contributed by atoms with Crippen LogP contribution in [0.5, 0.6) is 5.75 Å². The standard InChI is InChI=1S/C26H27ClN6O2/c1-26(2)12-6-15-35-22-18(26)9-5-11-21(22)32-25-30-16-19(27)23(33-25)31-20-10-4-3-8-17(20)24(34)29-14-7-13-28/h3-5,8-11,16H,6-7,12,14-15H2,1-2H3,(H,29,34)(H2,30,31,32,33). The van der Waals surface area contributed by atoms with E-state index in [1.54, 1.807) is 24.3 Å². The first-order valence-electron chi connectivity index (χ1n) is 11.5. The number of aromatic nitrogens is 2. The van der Waals surface area contributed by atoms with Gasteiger partial charge >= 0.3 is 0 Å². The van der Waals surface area contributed by atoms with Crippen LogP contribution in [-0.4, -0.2) is 29.0 Å². The van der Waals surface area contributed by atoms with Crippen LogP contribution in [0, 0.1) is 11.3 Å². The van der Waals surface area contributed by atoms with Gasteiger partial charge < -0.3 is 20.7 Å². The molecule has 0 unspecified atom stereocenters. The van der Waals surface area contributed by atoms with Crippen LogP contribution in [0.4, 0.5) is 23.1 Å². The molecule has 4 rings (SSSR count). The lowest BCUT2D eigenvalue weighted by Crippen LogP contribution is -2.25. The van der Waals surface area contributed by atoms with Crippen LogP contribution in [0.25, 0.3) is 0 Å². The molecule has 0 spiro atoms. The van der Waals surface area contributed by atoms with Crippen molar-refractivity contribution >= 4 is 40.6 Å². The Morgan fingerprint density at radius 1 is 1.17 bits per heavy atom. The zero-order valence-corrected chi connectivity index (χ0v) is 20.4. The molecule has 0 radical (unpaired) electrons. The number of fused-ring (bicyclic) bond motifs is 1. The van der Waals surface area contributed by atoms with Gasteiger partial charge in [0.25, 0.3) is 5.91 Å². The molecule has 0 bridgehead atoms. The Labute approximate surface area is 209 Å². The van der Waals surface area contributed by atoms with E-state index >= 15 is 0 Å². The smallest absolute Gasteiger partial charge is 0.253 e. The van der Waals surface area contributed by atoms with Gasteiger partial charge in [-0.05, 0) is 36.5 Å². The summed E-state index contributed by atoms with van der Waals surface area (Å²) in [6.07, 6.45) is 3.76. The number of anilines is 4. The van der Waals surface area contributed by atoms with Crippen molar-refractivity contribution in [2.75, 3.05) is 23.8 Å². The highest BCUT2D eigenvalue weighted by Crippen LogP contribution is 2.42. The number of nitrogens with one attached hydrogen (secondary N) is 3. The van der Waals surface area contributed by atoms with Gasteiger partial charge in [0.2, 0.25) is 5.95 Å². The van der Waals surface area contributed by atoms with Crippen LogP contribution in [0.1, 0.15) is 49.0 Å². The molecule has 1 amide bonds. The highest BCUT2D eigenvalue weighted by atomic mass is 35.5. The Bertz CT molecular complexity index is 1270. The van der Waals surface area contributed by atoms with E-state index in [2.05, 4.69) is 45.8 Å². The summed E-state index contributed by atoms with van der Waals surface area (Å²) in [5.41, 5.74) is 2.87. The molecule has 0 fully saturated rings. The van der Waals surface area contributed by atoms with Crippen molar-refractivity contribution in [3.05, 3.63) is 64.8 Å². The van der Waals surface area contributed by atoms with Crippen molar-refractivity contribution in [3.8, 4) is 11.8 Å². The molecule has 0 atom stereocenters. The fraction of sp³-hybridized carbons (Fsp3) is 0.308. The summed E-state index contributed by atoms with van der Waals surface area (Å²) in [6, 6.07) is 15.1. The zero-order chi connectivity index (χ0) is 24.8. The number of para-hydroxylation sites is 2. The molecule has 2 aromatic carbocycles. The number of hydrogen-bond donors (Lipinski definition) is 3. The Morgan fingerprint density at radius 3 is 2.80 bits per heavy atom. The normalized spacial score (nSPS) is 14.0. The summed E-state index contributed by atoms with van der Waals surface area (Å²) in [5.74, 6) is 1.21. The predicted octanol–water partition coefficient (Wildman–Crippen LogP) is 5.71. The first-order chi connectivity index (χ1) is 16.9. The highest BCUT2D eigenvalue weighted by molar-refractivity contribution is 6.33. The average Bonchev–Trinajstić information content (AvgIpc) is 3.00. The maximum Gasteiger partial charge on any atom is 0.253 e. The lowest BCUT2D eigenvalue weighted by atomic mass is 9.80. The Kier molecular flexibility index (Phi) is 7.37. The van der Waals surface area contributed by atoms with Gasteiger partial charge in [-0.3, -0.25) is 4.79 Å². The van der Waals surface area contributed by atoms with E-state index in [1.807, 2.05) is 18.2 Å². The lowest BCUT2D eigenvalue weighted by Gasteiger charge is -2.25. The lowest BCUT2D eigenvalue weighted by molar-refractivity contribution is 0.0955. The van der Waals surface area contributed by atoms with E-state index in [1.165, 1.54) is 6.20 Å². The molecule has 0 saturated carbocycles. The van der Waals surface area contributed by atoms with Crippen LogP contribution in [0.3, 0.4) is 0 Å². The largest absolute Gasteiger partial charge is 0.491 e. The molecule has 8 nitrogen and oxygen atoms in total.